The summed E-state index contributed by atoms with van der Waals surface area (Å²) in [5, 5.41) is 0.0272. The summed E-state index contributed by atoms with van der Waals surface area (Å²) in [6.45, 7) is 0. The van der Waals surface area contributed by atoms with Crippen molar-refractivity contribution in [3.63, 3.8) is 0 Å². The molecule has 3 nitrogen and oxygen atoms in total. The second kappa shape index (κ2) is 4.28. The highest BCUT2D eigenvalue weighted by molar-refractivity contribution is 6.31. The van der Waals surface area contributed by atoms with Gasteiger partial charge in [-0.05, 0) is 12.1 Å². The molecule has 2 aromatic heterocycles. The molecule has 0 spiro atoms. The Labute approximate surface area is 112 Å². The van der Waals surface area contributed by atoms with Crippen molar-refractivity contribution in [2.45, 2.75) is 0 Å². The van der Waals surface area contributed by atoms with Crippen molar-refractivity contribution in [3.8, 4) is 11.4 Å². The number of imidazole rings is 1. The van der Waals surface area contributed by atoms with Gasteiger partial charge in [0.2, 0.25) is 0 Å². The molecule has 96 valence electrons. The van der Waals surface area contributed by atoms with Gasteiger partial charge in [0, 0.05) is 24.9 Å². The van der Waals surface area contributed by atoms with Gasteiger partial charge in [0.1, 0.15) is 17.5 Å². The summed E-state index contributed by atoms with van der Waals surface area (Å²) in [6, 6.07) is 4.08. The van der Waals surface area contributed by atoms with E-state index >= 15 is 0 Å². The zero-order valence-electron chi connectivity index (χ0n) is 9.86. The van der Waals surface area contributed by atoms with Crippen LogP contribution in [0, 0.1) is 11.6 Å². The molecule has 6 heteroatoms. The fraction of sp³-hybridized carbons (Fsp3) is 0.0769. The number of rotatable bonds is 1. The van der Waals surface area contributed by atoms with Gasteiger partial charge >= 0.3 is 0 Å². The first-order chi connectivity index (χ1) is 9.06. The molecule has 0 unspecified atom stereocenters. The van der Waals surface area contributed by atoms with Crippen molar-refractivity contribution in [1.82, 2.24) is 14.5 Å². The summed E-state index contributed by atoms with van der Waals surface area (Å²) in [5.74, 6) is -0.478. The van der Waals surface area contributed by atoms with Gasteiger partial charge in [0.05, 0.1) is 22.3 Å². The van der Waals surface area contributed by atoms with Crippen LogP contribution in [0.25, 0.3) is 22.4 Å². The van der Waals surface area contributed by atoms with Gasteiger partial charge in [0.15, 0.2) is 0 Å². The Hall–Kier alpha value is -2.01. The zero-order valence-corrected chi connectivity index (χ0v) is 10.6. The largest absolute Gasteiger partial charge is 0.327 e. The molecular weight excluding hydrogens is 272 g/mol. The van der Waals surface area contributed by atoms with Crippen molar-refractivity contribution in [3.05, 3.63) is 47.2 Å². The molecule has 19 heavy (non-hydrogen) atoms. The highest BCUT2D eigenvalue weighted by atomic mass is 35.5. The van der Waals surface area contributed by atoms with Crippen LogP contribution in [0.2, 0.25) is 5.02 Å². The number of hydrogen-bond donors (Lipinski definition) is 0. The molecular formula is C13H8ClF2N3. The lowest BCUT2D eigenvalue weighted by atomic mass is 10.2. The second-order valence-corrected chi connectivity index (χ2v) is 4.55. The molecule has 0 aliphatic rings. The lowest BCUT2D eigenvalue weighted by molar-refractivity contribution is 0.621. The molecule has 0 radical (unpaired) electrons. The molecule has 2 heterocycles. The Balaban J connectivity index is 2.28. The molecule has 3 aromatic rings. The molecule has 0 amide bonds. The minimum absolute atomic E-state index is 0.0272. The Morgan fingerprint density at radius 2 is 1.95 bits per heavy atom. The Morgan fingerprint density at radius 1 is 1.16 bits per heavy atom. The van der Waals surface area contributed by atoms with Crippen molar-refractivity contribution in [1.29, 1.82) is 0 Å². The first kappa shape index (κ1) is 12.0. The molecule has 0 aliphatic heterocycles. The first-order valence-corrected chi connectivity index (χ1v) is 5.86. The minimum Gasteiger partial charge on any atom is -0.327 e. The van der Waals surface area contributed by atoms with Crippen molar-refractivity contribution >= 4 is 22.6 Å². The van der Waals surface area contributed by atoms with Crippen LogP contribution < -0.4 is 0 Å². The third kappa shape index (κ3) is 1.96. The zero-order chi connectivity index (χ0) is 13.6. The SMILES string of the molecule is Cn1c(-c2cncc(F)c2)nc2cc(F)c(Cl)cc21. The second-order valence-electron chi connectivity index (χ2n) is 4.14. The predicted octanol–water partition coefficient (Wildman–Crippen LogP) is 3.57. The average molecular weight is 280 g/mol. The minimum atomic E-state index is -0.531. The Bertz CT molecular complexity index is 783. The summed E-state index contributed by atoms with van der Waals surface area (Å²) < 4.78 is 28.3. The lowest BCUT2D eigenvalue weighted by Gasteiger charge is -2.02. The van der Waals surface area contributed by atoms with Crippen molar-refractivity contribution in [2.75, 3.05) is 0 Å². The lowest BCUT2D eigenvalue weighted by Crippen LogP contribution is -1.93. The first-order valence-electron chi connectivity index (χ1n) is 5.48. The molecule has 0 aliphatic carbocycles. The maximum atomic E-state index is 13.4. The smallest absolute Gasteiger partial charge is 0.144 e. The maximum Gasteiger partial charge on any atom is 0.144 e. The van der Waals surface area contributed by atoms with Gasteiger partial charge in [-0.3, -0.25) is 4.98 Å². The average Bonchev–Trinajstić information content (AvgIpc) is 2.68. The molecule has 0 N–H and O–H groups in total. The van der Waals surface area contributed by atoms with E-state index in [2.05, 4.69) is 9.97 Å². The number of fused-ring (bicyclic) bond motifs is 1. The number of nitrogens with zero attached hydrogens (tertiary/aromatic N) is 3. The molecule has 0 fully saturated rings. The van der Waals surface area contributed by atoms with Crippen LogP contribution in [0.15, 0.2) is 30.6 Å². The maximum absolute atomic E-state index is 13.4. The van der Waals surface area contributed by atoms with E-state index in [1.165, 1.54) is 24.4 Å². The Kier molecular flexibility index (Phi) is 2.71. The fourth-order valence-electron chi connectivity index (χ4n) is 1.98. The number of aryl methyl sites for hydroxylation is 1. The topological polar surface area (TPSA) is 30.7 Å². The third-order valence-electron chi connectivity index (χ3n) is 2.89. The highest BCUT2D eigenvalue weighted by Gasteiger charge is 2.13. The van der Waals surface area contributed by atoms with Gasteiger partial charge in [0.25, 0.3) is 0 Å². The summed E-state index contributed by atoms with van der Waals surface area (Å²) in [6.07, 6.45) is 2.62. The third-order valence-corrected chi connectivity index (χ3v) is 3.18. The van der Waals surface area contributed by atoms with Gasteiger partial charge in [-0.15, -0.1) is 0 Å². The summed E-state index contributed by atoms with van der Waals surface area (Å²) in [5.41, 5.74) is 1.66. The van der Waals surface area contributed by atoms with Gasteiger partial charge in [-0.2, -0.15) is 0 Å². The number of aromatic nitrogens is 3. The van der Waals surface area contributed by atoms with E-state index in [0.717, 1.165) is 6.20 Å². The van der Waals surface area contributed by atoms with Crippen LogP contribution in [0.1, 0.15) is 0 Å². The standard InChI is InChI=1S/C13H8ClF2N3/c1-19-12-3-9(14)10(16)4-11(12)18-13(19)7-2-8(15)6-17-5-7/h2-6H,1H3. The van der Waals surface area contributed by atoms with Gasteiger partial charge < -0.3 is 4.57 Å². The van der Waals surface area contributed by atoms with E-state index in [1.807, 2.05) is 0 Å². The molecule has 0 saturated carbocycles. The summed E-state index contributed by atoms with van der Waals surface area (Å²) in [4.78, 5) is 8.06. The number of benzene rings is 1. The van der Waals surface area contributed by atoms with E-state index in [0.29, 0.717) is 22.4 Å². The molecule has 1 aromatic carbocycles. The fourth-order valence-corrected chi connectivity index (χ4v) is 2.14. The highest BCUT2D eigenvalue weighted by Crippen LogP contribution is 2.27. The predicted molar refractivity (Wildman–Crippen MR) is 68.9 cm³/mol. The van der Waals surface area contributed by atoms with Gasteiger partial charge in [-0.25, -0.2) is 13.8 Å². The molecule has 0 atom stereocenters. The van der Waals surface area contributed by atoms with E-state index in [9.17, 15) is 8.78 Å². The Morgan fingerprint density at radius 3 is 2.68 bits per heavy atom. The van der Waals surface area contributed by atoms with Crippen molar-refractivity contribution < 1.29 is 8.78 Å². The molecule has 3 rings (SSSR count). The molecule has 0 bridgehead atoms. The van der Waals surface area contributed by atoms with Crippen molar-refractivity contribution in [2.24, 2.45) is 7.05 Å². The van der Waals surface area contributed by atoms with Crippen LogP contribution in [0.5, 0.6) is 0 Å². The van der Waals surface area contributed by atoms with Crippen LogP contribution >= 0.6 is 11.6 Å². The van der Waals surface area contributed by atoms with Crippen LogP contribution in [-0.4, -0.2) is 14.5 Å². The quantitative estimate of drug-likeness (QED) is 0.682. The normalized spacial score (nSPS) is 11.2. The van der Waals surface area contributed by atoms with E-state index in [4.69, 9.17) is 11.6 Å². The van der Waals surface area contributed by atoms with E-state index in [1.54, 1.807) is 11.6 Å². The summed E-state index contributed by atoms with van der Waals surface area (Å²) in [7, 11) is 1.75. The van der Waals surface area contributed by atoms with E-state index < -0.39 is 11.6 Å². The van der Waals surface area contributed by atoms with Crippen LogP contribution in [-0.2, 0) is 7.05 Å². The number of halogens is 3. The number of hydrogen-bond acceptors (Lipinski definition) is 2. The molecule has 0 saturated heterocycles. The monoisotopic (exact) mass is 279 g/mol. The van der Waals surface area contributed by atoms with Gasteiger partial charge in [-0.1, -0.05) is 11.6 Å². The summed E-state index contributed by atoms with van der Waals surface area (Å²) >= 11 is 5.75. The number of pyridine rings is 1. The van der Waals surface area contributed by atoms with E-state index in [-0.39, 0.29) is 5.02 Å². The van der Waals surface area contributed by atoms with Crippen LogP contribution in [0.3, 0.4) is 0 Å². The van der Waals surface area contributed by atoms with Crippen LogP contribution in [0.4, 0.5) is 8.78 Å².